The molecule has 0 aliphatic carbocycles. The van der Waals surface area contributed by atoms with Gasteiger partial charge in [0.25, 0.3) is 5.91 Å². The fourth-order valence-corrected chi connectivity index (χ4v) is 2.43. The lowest BCUT2D eigenvalue weighted by atomic mass is 10.1. The zero-order valence-electron chi connectivity index (χ0n) is 15.1. The molecule has 0 unspecified atom stereocenters. The monoisotopic (exact) mass is 340 g/mol. The van der Waals surface area contributed by atoms with Crippen LogP contribution in [0.2, 0.25) is 0 Å². The van der Waals surface area contributed by atoms with Crippen molar-refractivity contribution in [3.8, 4) is 5.75 Å². The number of nitrogens with one attached hydrogen (secondary N) is 2. The first-order valence-corrected chi connectivity index (χ1v) is 8.27. The number of benzene rings is 2. The summed E-state index contributed by atoms with van der Waals surface area (Å²) < 4.78 is 5.72. The smallest absolute Gasteiger partial charge is 0.251 e. The van der Waals surface area contributed by atoms with E-state index in [4.69, 9.17) is 4.74 Å². The molecule has 0 aliphatic rings. The Morgan fingerprint density at radius 1 is 1.12 bits per heavy atom. The number of ether oxygens (including phenoxy) is 1. The van der Waals surface area contributed by atoms with Crippen molar-refractivity contribution in [3.63, 3.8) is 0 Å². The third kappa shape index (κ3) is 5.64. The molecule has 2 aromatic carbocycles. The molecule has 0 bridgehead atoms. The number of aryl methyl sites for hydroxylation is 1. The number of anilines is 1. The van der Waals surface area contributed by atoms with E-state index in [0.29, 0.717) is 17.8 Å². The SMILES string of the molecule is CC(=O)Nc1cccc(C(=O)NCc2ccc(OC(C)C)c(C)c2)c1. The first-order chi connectivity index (χ1) is 11.8. The van der Waals surface area contributed by atoms with Gasteiger partial charge in [-0.2, -0.15) is 0 Å². The van der Waals surface area contributed by atoms with Gasteiger partial charge in [0.15, 0.2) is 0 Å². The number of carbonyl (C=O) groups excluding carboxylic acids is 2. The van der Waals surface area contributed by atoms with E-state index in [-0.39, 0.29) is 17.9 Å². The highest BCUT2D eigenvalue weighted by Gasteiger charge is 2.08. The Labute approximate surface area is 148 Å². The number of hydrogen-bond donors (Lipinski definition) is 2. The molecule has 2 rings (SSSR count). The average molecular weight is 340 g/mol. The Hall–Kier alpha value is -2.82. The fraction of sp³-hybridized carbons (Fsp3) is 0.300. The van der Waals surface area contributed by atoms with Crippen LogP contribution in [0, 0.1) is 6.92 Å². The molecule has 25 heavy (non-hydrogen) atoms. The van der Waals surface area contributed by atoms with Gasteiger partial charge in [-0.25, -0.2) is 0 Å². The quantitative estimate of drug-likeness (QED) is 0.843. The third-order valence-electron chi connectivity index (χ3n) is 3.50. The maximum absolute atomic E-state index is 12.3. The van der Waals surface area contributed by atoms with E-state index in [1.165, 1.54) is 6.92 Å². The summed E-state index contributed by atoms with van der Waals surface area (Å²) >= 11 is 0. The lowest BCUT2D eigenvalue weighted by Crippen LogP contribution is -2.23. The van der Waals surface area contributed by atoms with Gasteiger partial charge in [0, 0.05) is 24.7 Å². The van der Waals surface area contributed by atoms with Gasteiger partial charge in [0.2, 0.25) is 5.91 Å². The highest BCUT2D eigenvalue weighted by Crippen LogP contribution is 2.20. The minimum Gasteiger partial charge on any atom is -0.491 e. The van der Waals surface area contributed by atoms with Crippen molar-refractivity contribution >= 4 is 17.5 Å². The van der Waals surface area contributed by atoms with Crippen LogP contribution in [0.15, 0.2) is 42.5 Å². The van der Waals surface area contributed by atoms with Crippen molar-refractivity contribution in [1.29, 1.82) is 0 Å². The molecule has 0 saturated heterocycles. The molecular weight excluding hydrogens is 316 g/mol. The van der Waals surface area contributed by atoms with Gasteiger partial charge in [-0.3, -0.25) is 9.59 Å². The van der Waals surface area contributed by atoms with Crippen LogP contribution in [0.3, 0.4) is 0 Å². The topological polar surface area (TPSA) is 67.4 Å². The second-order valence-corrected chi connectivity index (χ2v) is 6.21. The van der Waals surface area contributed by atoms with E-state index < -0.39 is 0 Å². The van der Waals surface area contributed by atoms with Crippen LogP contribution in [-0.4, -0.2) is 17.9 Å². The molecule has 0 atom stereocenters. The second-order valence-electron chi connectivity index (χ2n) is 6.21. The van der Waals surface area contributed by atoms with Crippen molar-refractivity contribution < 1.29 is 14.3 Å². The standard InChI is InChI=1S/C20H24N2O3/c1-13(2)25-19-9-8-16(10-14(19)3)12-21-20(24)17-6-5-7-18(11-17)22-15(4)23/h5-11,13H,12H2,1-4H3,(H,21,24)(H,22,23). The summed E-state index contributed by atoms with van der Waals surface area (Å²) in [5.74, 6) is 0.497. The maximum atomic E-state index is 12.3. The third-order valence-corrected chi connectivity index (χ3v) is 3.50. The average Bonchev–Trinajstić information content (AvgIpc) is 2.54. The van der Waals surface area contributed by atoms with Gasteiger partial charge in [0.1, 0.15) is 5.75 Å². The van der Waals surface area contributed by atoms with Gasteiger partial charge >= 0.3 is 0 Å². The molecule has 132 valence electrons. The van der Waals surface area contributed by atoms with Crippen molar-refractivity contribution in [2.45, 2.75) is 40.3 Å². The van der Waals surface area contributed by atoms with E-state index in [9.17, 15) is 9.59 Å². The Balaban J connectivity index is 2.00. The highest BCUT2D eigenvalue weighted by atomic mass is 16.5. The molecule has 2 amide bonds. The summed E-state index contributed by atoms with van der Waals surface area (Å²) in [6.07, 6.45) is 0.125. The summed E-state index contributed by atoms with van der Waals surface area (Å²) in [6.45, 7) is 7.82. The normalized spacial score (nSPS) is 10.4. The Morgan fingerprint density at radius 3 is 2.52 bits per heavy atom. The molecule has 2 N–H and O–H groups in total. The van der Waals surface area contributed by atoms with E-state index in [2.05, 4.69) is 10.6 Å². The molecule has 2 aromatic rings. The maximum Gasteiger partial charge on any atom is 0.251 e. The Bertz CT molecular complexity index is 769. The van der Waals surface area contributed by atoms with E-state index in [1.54, 1.807) is 24.3 Å². The molecule has 0 fully saturated rings. The van der Waals surface area contributed by atoms with Gasteiger partial charge in [0.05, 0.1) is 6.10 Å². The highest BCUT2D eigenvalue weighted by molar-refractivity contribution is 5.96. The molecular formula is C20H24N2O3. The van der Waals surface area contributed by atoms with Crippen molar-refractivity contribution in [1.82, 2.24) is 5.32 Å². The lowest BCUT2D eigenvalue weighted by molar-refractivity contribution is -0.114. The van der Waals surface area contributed by atoms with Crippen LogP contribution in [-0.2, 0) is 11.3 Å². The zero-order valence-corrected chi connectivity index (χ0v) is 15.1. The van der Waals surface area contributed by atoms with Crippen molar-refractivity contribution in [2.75, 3.05) is 5.32 Å². The van der Waals surface area contributed by atoms with Crippen LogP contribution in [0.1, 0.15) is 42.3 Å². The van der Waals surface area contributed by atoms with E-state index >= 15 is 0 Å². The molecule has 0 aliphatic heterocycles. The van der Waals surface area contributed by atoms with Crippen LogP contribution in [0.25, 0.3) is 0 Å². The van der Waals surface area contributed by atoms with Crippen LogP contribution in [0.5, 0.6) is 5.75 Å². The molecule has 5 heteroatoms. The molecule has 5 nitrogen and oxygen atoms in total. The second kappa shape index (κ2) is 8.33. The predicted octanol–water partition coefficient (Wildman–Crippen LogP) is 3.67. The number of rotatable bonds is 6. The van der Waals surface area contributed by atoms with Gasteiger partial charge < -0.3 is 15.4 Å². The van der Waals surface area contributed by atoms with Gasteiger partial charge in [-0.15, -0.1) is 0 Å². The molecule has 0 radical (unpaired) electrons. The summed E-state index contributed by atoms with van der Waals surface area (Å²) in [5.41, 5.74) is 3.14. The Kier molecular flexibility index (Phi) is 6.17. The number of amides is 2. The number of hydrogen-bond acceptors (Lipinski definition) is 3. The van der Waals surface area contributed by atoms with Crippen LogP contribution >= 0.6 is 0 Å². The summed E-state index contributed by atoms with van der Waals surface area (Å²) in [5, 5.41) is 5.56. The molecule has 0 saturated carbocycles. The summed E-state index contributed by atoms with van der Waals surface area (Å²) in [7, 11) is 0. The van der Waals surface area contributed by atoms with Crippen molar-refractivity contribution in [3.05, 3.63) is 59.2 Å². The summed E-state index contributed by atoms with van der Waals surface area (Å²) in [4.78, 5) is 23.4. The van der Waals surface area contributed by atoms with Gasteiger partial charge in [-0.05, 0) is 56.2 Å². The first kappa shape index (κ1) is 18.5. The Morgan fingerprint density at radius 2 is 1.88 bits per heavy atom. The minimum atomic E-state index is -0.188. The molecule has 0 spiro atoms. The van der Waals surface area contributed by atoms with E-state index in [0.717, 1.165) is 16.9 Å². The minimum absolute atomic E-state index is 0.125. The zero-order chi connectivity index (χ0) is 18.4. The molecule has 0 heterocycles. The predicted molar refractivity (Wildman–Crippen MR) is 98.9 cm³/mol. The molecule has 0 aromatic heterocycles. The largest absolute Gasteiger partial charge is 0.491 e. The lowest BCUT2D eigenvalue weighted by Gasteiger charge is -2.14. The van der Waals surface area contributed by atoms with Crippen molar-refractivity contribution in [2.24, 2.45) is 0 Å². The number of carbonyl (C=O) groups is 2. The van der Waals surface area contributed by atoms with Gasteiger partial charge in [-0.1, -0.05) is 18.2 Å². The van der Waals surface area contributed by atoms with Crippen LogP contribution in [0.4, 0.5) is 5.69 Å². The summed E-state index contributed by atoms with van der Waals surface area (Å²) in [6, 6.07) is 12.7. The van der Waals surface area contributed by atoms with E-state index in [1.807, 2.05) is 39.0 Å². The first-order valence-electron chi connectivity index (χ1n) is 8.27. The van der Waals surface area contributed by atoms with Crippen LogP contribution < -0.4 is 15.4 Å². The fourth-order valence-electron chi connectivity index (χ4n) is 2.43.